The summed E-state index contributed by atoms with van der Waals surface area (Å²) in [5.74, 6) is 1.32. The average Bonchev–Trinajstić information content (AvgIpc) is 3.11. The van der Waals surface area contributed by atoms with Crippen molar-refractivity contribution in [2.75, 3.05) is 14.1 Å². The lowest BCUT2D eigenvalue weighted by Gasteiger charge is -2.26. The summed E-state index contributed by atoms with van der Waals surface area (Å²) in [4.78, 5) is 21.1. The number of nitrogens with two attached hydrogens (primary N) is 2. The van der Waals surface area contributed by atoms with Gasteiger partial charge in [0, 0.05) is 14.1 Å². The zero-order valence-corrected chi connectivity index (χ0v) is 12.2. The van der Waals surface area contributed by atoms with Crippen LogP contribution in [0.4, 0.5) is 11.6 Å². The molecule has 10 nitrogen and oxygen atoms in total. The van der Waals surface area contributed by atoms with Crippen LogP contribution in [0.25, 0.3) is 0 Å². The molecular formula is C12H16N10. The molecule has 0 radical (unpaired) electrons. The molecule has 4 N–H and O–H groups in total. The van der Waals surface area contributed by atoms with Crippen LogP contribution in [0, 0.1) is 0 Å². The highest BCUT2D eigenvalue weighted by atomic mass is 15.5. The summed E-state index contributed by atoms with van der Waals surface area (Å²) < 4.78 is 3.53. The molecule has 22 heavy (non-hydrogen) atoms. The molecular weight excluding hydrogens is 284 g/mol. The molecule has 0 saturated carbocycles. The van der Waals surface area contributed by atoms with E-state index in [1.807, 2.05) is 14.1 Å². The van der Waals surface area contributed by atoms with E-state index in [2.05, 4.69) is 20.0 Å². The molecule has 2 aromatic heterocycles. The zero-order valence-electron chi connectivity index (χ0n) is 12.2. The third kappa shape index (κ3) is 1.61. The molecule has 0 bridgehead atoms. The molecule has 2 aliphatic rings. The van der Waals surface area contributed by atoms with E-state index in [4.69, 9.17) is 11.5 Å². The van der Waals surface area contributed by atoms with Crippen LogP contribution in [0.5, 0.6) is 0 Å². The van der Waals surface area contributed by atoms with E-state index in [0.717, 1.165) is 0 Å². The number of hydrogen-bond acceptors (Lipinski definition) is 8. The summed E-state index contributed by atoms with van der Waals surface area (Å²) >= 11 is 0. The highest BCUT2D eigenvalue weighted by molar-refractivity contribution is 5.66. The number of rotatable bonds is 1. The third-order valence-corrected chi connectivity index (χ3v) is 3.90. The van der Waals surface area contributed by atoms with Gasteiger partial charge in [0.15, 0.2) is 11.6 Å². The van der Waals surface area contributed by atoms with E-state index in [1.54, 1.807) is 44.5 Å². The van der Waals surface area contributed by atoms with Crippen molar-refractivity contribution in [3.05, 3.63) is 24.0 Å². The van der Waals surface area contributed by atoms with Crippen LogP contribution in [0.3, 0.4) is 0 Å². The van der Waals surface area contributed by atoms with Crippen molar-refractivity contribution in [2.45, 2.75) is 12.3 Å². The molecule has 2 atom stereocenters. The van der Waals surface area contributed by atoms with Gasteiger partial charge >= 0.3 is 0 Å². The molecule has 2 unspecified atom stereocenters. The van der Waals surface area contributed by atoms with Crippen molar-refractivity contribution in [1.29, 1.82) is 0 Å². The minimum absolute atomic E-state index is 0.329. The van der Waals surface area contributed by atoms with Gasteiger partial charge in [0.25, 0.3) is 0 Å². The van der Waals surface area contributed by atoms with Crippen molar-refractivity contribution in [3.63, 3.8) is 0 Å². The van der Waals surface area contributed by atoms with Gasteiger partial charge in [-0.05, 0) is 0 Å². The molecule has 0 amide bonds. The van der Waals surface area contributed by atoms with Crippen LogP contribution in [0.1, 0.15) is 23.7 Å². The predicted molar refractivity (Wildman–Crippen MR) is 80.9 cm³/mol. The van der Waals surface area contributed by atoms with Gasteiger partial charge in [-0.3, -0.25) is 0 Å². The normalized spacial score (nSPS) is 22.9. The molecule has 4 rings (SSSR count). The van der Waals surface area contributed by atoms with Crippen molar-refractivity contribution < 1.29 is 0 Å². The fourth-order valence-corrected chi connectivity index (χ4v) is 2.50. The van der Waals surface area contributed by atoms with Gasteiger partial charge in [0.05, 0.1) is 12.7 Å². The molecule has 2 aliphatic heterocycles. The van der Waals surface area contributed by atoms with Gasteiger partial charge in [-0.25, -0.2) is 29.3 Å². The number of hydrogen-bond donors (Lipinski definition) is 2. The van der Waals surface area contributed by atoms with Crippen LogP contribution in [0.2, 0.25) is 0 Å². The summed E-state index contributed by atoms with van der Waals surface area (Å²) in [5, 5.41) is 0. The quantitative estimate of drug-likeness (QED) is 0.734. The monoisotopic (exact) mass is 300 g/mol. The van der Waals surface area contributed by atoms with E-state index in [-0.39, 0.29) is 12.3 Å². The molecule has 0 aromatic carbocycles. The Kier molecular flexibility index (Phi) is 2.59. The Morgan fingerprint density at radius 2 is 1.23 bits per heavy atom. The summed E-state index contributed by atoms with van der Waals surface area (Å²) in [6, 6.07) is 0. The lowest BCUT2D eigenvalue weighted by molar-refractivity contribution is 0.381. The maximum atomic E-state index is 6.11. The largest absolute Gasteiger partial charge is 0.345 e. The van der Waals surface area contributed by atoms with Gasteiger partial charge < -0.3 is 21.3 Å². The standard InChI is InChI=1S/C12H16N10/c1-19-3-17-11-7(9(19)13)15-5-21(11)22-6-16-8-10(14)20(2)4-18-12(8)22/h3-6,9-10H,13-14H2,1-2H3. The van der Waals surface area contributed by atoms with E-state index in [1.165, 1.54) is 0 Å². The van der Waals surface area contributed by atoms with Crippen LogP contribution in [0.15, 0.2) is 22.6 Å². The first kappa shape index (κ1) is 13.0. The molecule has 10 heteroatoms. The number of aliphatic imine (C=N–C) groups is 2. The molecule has 114 valence electrons. The Balaban J connectivity index is 1.85. The van der Waals surface area contributed by atoms with Crippen LogP contribution in [-0.4, -0.2) is 55.9 Å². The number of nitrogens with zero attached hydrogens (tertiary/aromatic N) is 8. The second kappa shape index (κ2) is 4.39. The van der Waals surface area contributed by atoms with Crippen LogP contribution >= 0.6 is 0 Å². The van der Waals surface area contributed by atoms with Gasteiger partial charge in [-0.1, -0.05) is 0 Å². The van der Waals surface area contributed by atoms with Crippen LogP contribution in [-0.2, 0) is 0 Å². The highest BCUT2D eigenvalue weighted by Crippen LogP contribution is 2.32. The summed E-state index contributed by atoms with van der Waals surface area (Å²) in [6.07, 6.45) is 6.01. The zero-order chi connectivity index (χ0) is 15.4. The maximum absolute atomic E-state index is 6.11. The number of imidazole rings is 2. The maximum Gasteiger partial charge on any atom is 0.180 e. The second-order valence-corrected chi connectivity index (χ2v) is 5.31. The lowest BCUT2D eigenvalue weighted by atomic mass is 10.3. The van der Waals surface area contributed by atoms with Gasteiger partial charge in [0.1, 0.15) is 36.4 Å². The highest BCUT2D eigenvalue weighted by Gasteiger charge is 2.28. The summed E-state index contributed by atoms with van der Waals surface area (Å²) in [5.41, 5.74) is 13.6. The first-order valence-corrected chi connectivity index (χ1v) is 6.76. The average molecular weight is 300 g/mol. The fourth-order valence-electron chi connectivity index (χ4n) is 2.50. The summed E-state index contributed by atoms with van der Waals surface area (Å²) in [6.45, 7) is 0. The minimum Gasteiger partial charge on any atom is -0.345 e. The molecule has 0 fully saturated rings. The lowest BCUT2D eigenvalue weighted by Crippen LogP contribution is -2.33. The van der Waals surface area contributed by atoms with E-state index < -0.39 is 0 Å². The van der Waals surface area contributed by atoms with Gasteiger partial charge in [-0.2, -0.15) is 0 Å². The second-order valence-electron chi connectivity index (χ2n) is 5.31. The SMILES string of the molecule is CN1C=Nc2c(ncn2-n2cnc3c2N=CN(C)C3N)C1N. The molecule has 0 saturated heterocycles. The molecule has 0 aliphatic carbocycles. The van der Waals surface area contributed by atoms with Crippen molar-refractivity contribution in [2.24, 2.45) is 21.5 Å². The Morgan fingerprint density at radius 3 is 1.64 bits per heavy atom. The van der Waals surface area contributed by atoms with Crippen molar-refractivity contribution >= 4 is 24.3 Å². The van der Waals surface area contributed by atoms with E-state index in [0.29, 0.717) is 23.0 Å². The predicted octanol–water partition coefficient (Wildman–Crippen LogP) is -0.484. The third-order valence-electron chi connectivity index (χ3n) is 3.90. The fraction of sp³-hybridized carbons (Fsp3) is 0.333. The summed E-state index contributed by atoms with van der Waals surface area (Å²) in [7, 11) is 3.71. The first-order chi connectivity index (χ1) is 10.6. The van der Waals surface area contributed by atoms with Gasteiger partial charge in [-0.15, -0.1) is 0 Å². The Hall–Kier alpha value is -2.72. The minimum atomic E-state index is -0.329. The molecule has 2 aromatic rings. The Morgan fingerprint density at radius 1 is 0.818 bits per heavy atom. The van der Waals surface area contributed by atoms with Gasteiger partial charge in [0.2, 0.25) is 0 Å². The van der Waals surface area contributed by atoms with E-state index >= 15 is 0 Å². The Labute approximate surface area is 126 Å². The van der Waals surface area contributed by atoms with Crippen molar-refractivity contribution in [3.8, 4) is 0 Å². The topological polar surface area (TPSA) is 119 Å². The Bertz CT molecular complexity index is 718. The number of fused-ring (bicyclic) bond motifs is 2. The molecule has 4 heterocycles. The van der Waals surface area contributed by atoms with Crippen molar-refractivity contribution in [1.82, 2.24) is 29.1 Å². The first-order valence-electron chi connectivity index (χ1n) is 6.76. The van der Waals surface area contributed by atoms with E-state index in [9.17, 15) is 0 Å². The number of aromatic nitrogens is 4. The molecule has 0 spiro atoms. The smallest absolute Gasteiger partial charge is 0.180 e. The van der Waals surface area contributed by atoms with Crippen LogP contribution < -0.4 is 11.5 Å².